The van der Waals surface area contributed by atoms with Gasteiger partial charge in [-0.25, -0.2) is 14.4 Å². The number of carbonyl (C=O) groups excluding carboxylic acids is 1. The molecule has 2 N–H and O–H groups in total. The van der Waals surface area contributed by atoms with E-state index in [0.717, 1.165) is 35.4 Å². The molecule has 0 saturated heterocycles. The number of hydrogen-bond donors (Lipinski definition) is 2. The van der Waals surface area contributed by atoms with Crippen molar-refractivity contribution in [2.45, 2.75) is 24.0 Å². The zero-order valence-electron chi connectivity index (χ0n) is 17.9. The molecule has 0 radical (unpaired) electrons. The molecule has 0 aliphatic carbocycles. The summed E-state index contributed by atoms with van der Waals surface area (Å²) in [5.74, 6) is -0.394. The lowest BCUT2D eigenvalue weighted by atomic mass is 9.99. The molecule has 0 atom stereocenters. The molecule has 178 valence electrons. The normalized spacial score (nSPS) is 16.4. The molecule has 4 heterocycles. The monoisotopic (exact) mass is 509 g/mol. The van der Waals surface area contributed by atoms with Gasteiger partial charge < -0.3 is 15.5 Å². The number of halogens is 4. The van der Waals surface area contributed by atoms with Crippen molar-refractivity contribution in [3.05, 3.63) is 51.8 Å². The van der Waals surface area contributed by atoms with Crippen molar-refractivity contribution in [1.82, 2.24) is 20.2 Å². The average Bonchev–Trinajstić information content (AvgIpc) is 3.13. The van der Waals surface area contributed by atoms with Gasteiger partial charge in [-0.3, -0.25) is 4.79 Å². The molecule has 0 fully saturated rings. The Morgan fingerprint density at radius 2 is 2.03 bits per heavy atom. The summed E-state index contributed by atoms with van der Waals surface area (Å²) in [6, 6.07) is 4.64. The Kier molecular flexibility index (Phi) is 5.98. The van der Waals surface area contributed by atoms with Crippen molar-refractivity contribution in [3.8, 4) is 10.6 Å². The average molecular weight is 510 g/mol. The number of rotatable bonds is 3. The van der Waals surface area contributed by atoms with Gasteiger partial charge in [0.15, 0.2) is 0 Å². The van der Waals surface area contributed by atoms with E-state index in [1.165, 1.54) is 17.8 Å². The highest BCUT2D eigenvalue weighted by Gasteiger charge is 2.36. The largest absolute Gasteiger partial charge is 0.420 e. The maximum absolute atomic E-state index is 14.8. The number of likely N-dealkylation sites (N-methyl/N-ethyl adjacent to an activating group) is 1. The lowest BCUT2D eigenvalue weighted by molar-refractivity contribution is -0.137. The van der Waals surface area contributed by atoms with Gasteiger partial charge in [0.25, 0.3) is 5.91 Å². The van der Waals surface area contributed by atoms with Crippen molar-refractivity contribution in [3.63, 3.8) is 0 Å². The lowest BCUT2D eigenvalue weighted by Crippen LogP contribution is -2.26. The number of alkyl halides is 3. The SMILES string of the molecule is CN1CCc2cc(Nc3ncc(C(F)(F)F)c(-c4cc5c(s4)C(=O)NCCS5)n3)c(F)cc2C1. The molecule has 5 rings (SSSR count). The summed E-state index contributed by atoms with van der Waals surface area (Å²) < 4.78 is 56.0. The van der Waals surface area contributed by atoms with Gasteiger partial charge in [0.05, 0.1) is 16.3 Å². The van der Waals surface area contributed by atoms with Gasteiger partial charge in [-0.1, -0.05) is 0 Å². The fourth-order valence-electron chi connectivity index (χ4n) is 3.94. The van der Waals surface area contributed by atoms with Crippen LogP contribution in [0, 0.1) is 5.82 Å². The smallest absolute Gasteiger partial charge is 0.350 e. The second-order valence-electron chi connectivity index (χ2n) is 8.08. The molecule has 1 amide bonds. The highest BCUT2D eigenvalue weighted by atomic mass is 32.2. The van der Waals surface area contributed by atoms with E-state index >= 15 is 0 Å². The lowest BCUT2D eigenvalue weighted by Gasteiger charge is -2.25. The fraction of sp³-hybridized carbons (Fsp3) is 0.318. The fourth-order valence-corrected chi connectivity index (χ4v) is 6.13. The third-order valence-electron chi connectivity index (χ3n) is 5.62. The number of anilines is 2. The van der Waals surface area contributed by atoms with Gasteiger partial charge in [0.1, 0.15) is 16.3 Å². The number of nitrogens with zero attached hydrogens (tertiary/aromatic N) is 3. The second-order valence-corrected chi connectivity index (χ2v) is 10.3. The standard InChI is InChI=1S/C22H19F4N5OS2/c1-31-4-2-11-7-15(14(23)6-12(11)10-31)29-21-28-9-13(22(24,25)26)18(30-21)16-8-17-19(34-16)20(32)27-3-5-33-17/h6-9H,2-5,10H2,1H3,(H,27,32)(H,28,29,30). The third-order valence-corrected chi connectivity index (χ3v) is 7.93. The third kappa shape index (κ3) is 4.49. The maximum atomic E-state index is 14.8. The van der Waals surface area contributed by atoms with E-state index in [4.69, 9.17) is 0 Å². The van der Waals surface area contributed by atoms with Crippen LogP contribution in [0.25, 0.3) is 10.6 Å². The molecule has 0 spiro atoms. The molecule has 34 heavy (non-hydrogen) atoms. The number of benzene rings is 1. The predicted molar refractivity (Wildman–Crippen MR) is 123 cm³/mol. The number of aromatic nitrogens is 2. The van der Waals surface area contributed by atoms with E-state index in [2.05, 4.69) is 25.5 Å². The first-order valence-electron chi connectivity index (χ1n) is 10.5. The van der Waals surface area contributed by atoms with E-state index in [0.29, 0.717) is 34.8 Å². The zero-order valence-corrected chi connectivity index (χ0v) is 19.6. The minimum atomic E-state index is -4.70. The molecule has 2 aliphatic heterocycles. The van der Waals surface area contributed by atoms with E-state index in [9.17, 15) is 22.4 Å². The second kappa shape index (κ2) is 8.82. The topological polar surface area (TPSA) is 70.2 Å². The summed E-state index contributed by atoms with van der Waals surface area (Å²) in [4.78, 5) is 23.5. The summed E-state index contributed by atoms with van der Waals surface area (Å²) in [7, 11) is 1.96. The number of nitrogens with one attached hydrogen (secondary N) is 2. The van der Waals surface area contributed by atoms with E-state index in [-0.39, 0.29) is 28.1 Å². The van der Waals surface area contributed by atoms with E-state index in [1.807, 2.05) is 7.05 Å². The molecular weight excluding hydrogens is 490 g/mol. The maximum Gasteiger partial charge on any atom is 0.420 e. The molecule has 6 nitrogen and oxygen atoms in total. The molecule has 0 saturated carbocycles. The minimum absolute atomic E-state index is 0.103. The Bertz CT molecular complexity index is 1280. The summed E-state index contributed by atoms with van der Waals surface area (Å²) in [6.07, 6.45) is -3.28. The van der Waals surface area contributed by atoms with E-state index < -0.39 is 17.6 Å². The van der Waals surface area contributed by atoms with Crippen LogP contribution < -0.4 is 10.6 Å². The molecule has 3 aromatic rings. The first kappa shape index (κ1) is 23.1. The van der Waals surface area contributed by atoms with Crippen molar-refractivity contribution in [2.24, 2.45) is 0 Å². The van der Waals surface area contributed by atoms with Gasteiger partial charge in [-0.2, -0.15) is 13.2 Å². The molecule has 2 aliphatic rings. The van der Waals surface area contributed by atoms with Gasteiger partial charge in [-0.15, -0.1) is 23.1 Å². The summed E-state index contributed by atoms with van der Waals surface area (Å²) in [5.41, 5.74) is 0.581. The molecule has 1 aromatic carbocycles. The molecule has 12 heteroatoms. The molecule has 2 aromatic heterocycles. The first-order chi connectivity index (χ1) is 16.2. The van der Waals surface area contributed by atoms with Gasteiger partial charge in [0.2, 0.25) is 5.95 Å². The summed E-state index contributed by atoms with van der Waals surface area (Å²) in [5, 5.41) is 5.47. The van der Waals surface area contributed by atoms with Gasteiger partial charge >= 0.3 is 6.18 Å². The van der Waals surface area contributed by atoms with Crippen molar-refractivity contribution >= 4 is 40.6 Å². The van der Waals surface area contributed by atoms with E-state index in [1.54, 1.807) is 12.1 Å². The van der Waals surface area contributed by atoms with Crippen LogP contribution >= 0.6 is 23.1 Å². The van der Waals surface area contributed by atoms with Crippen LogP contribution in [0.4, 0.5) is 29.2 Å². The van der Waals surface area contributed by atoms with Crippen LogP contribution in [-0.4, -0.2) is 46.7 Å². The number of thioether (sulfide) groups is 1. The highest BCUT2D eigenvalue weighted by molar-refractivity contribution is 7.99. The Hall–Kier alpha value is -2.70. The van der Waals surface area contributed by atoms with Crippen LogP contribution in [0.15, 0.2) is 29.3 Å². The van der Waals surface area contributed by atoms with Gasteiger partial charge in [-0.05, 0) is 42.8 Å². The van der Waals surface area contributed by atoms with Crippen LogP contribution in [0.3, 0.4) is 0 Å². The Labute approximate surface area is 200 Å². The summed E-state index contributed by atoms with van der Waals surface area (Å²) in [6.45, 7) is 1.94. The van der Waals surface area contributed by atoms with Gasteiger partial charge in [0, 0.05) is 36.5 Å². The van der Waals surface area contributed by atoms with Crippen molar-refractivity contribution < 1.29 is 22.4 Å². The number of thiophene rings is 1. The number of carbonyl (C=O) groups is 1. The number of hydrogen-bond acceptors (Lipinski definition) is 7. The number of fused-ring (bicyclic) bond motifs is 2. The Morgan fingerprint density at radius 3 is 2.82 bits per heavy atom. The molecular formula is C22H19F4N5OS2. The van der Waals surface area contributed by atoms with Crippen LogP contribution in [0.1, 0.15) is 26.4 Å². The summed E-state index contributed by atoms with van der Waals surface area (Å²) >= 11 is 2.35. The molecule has 0 bridgehead atoms. The predicted octanol–water partition coefficient (Wildman–Crippen LogP) is 4.93. The highest BCUT2D eigenvalue weighted by Crippen LogP contribution is 2.42. The Balaban J connectivity index is 1.53. The van der Waals surface area contributed by atoms with Crippen LogP contribution in [-0.2, 0) is 19.1 Å². The number of amides is 1. The van der Waals surface area contributed by atoms with Crippen LogP contribution in [0.5, 0.6) is 0 Å². The van der Waals surface area contributed by atoms with Crippen molar-refractivity contribution in [2.75, 3.05) is 31.2 Å². The quantitative estimate of drug-likeness (QED) is 0.488. The molecule has 0 unspecified atom stereocenters. The van der Waals surface area contributed by atoms with Crippen molar-refractivity contribution in [1.29, 1.82) is 0 Å². The minimum Gasteiger partial charge on any atom is -0.350 e. The Morgan fingerprint density at radius 1 is 1.21 bits per heavy atom. The first-order valence-corrected chi connectivity index (χ1v) is 12.3. The zero-order chi connectivity index (χ0) is 24.0. The van der Waals surface area contributed by atoms with Crippen LogP contribution in [0.2, 0.25) is 0 Å².